The highest BCUT2D eigenvalue weighted by Crippen LogP contribution is 2.27. The van der Waals surface area contributed by atoms with E-state index in [1.807, 2.05) is 39.0 Å². The molecule has 0 aliphatic carbocycles. The summed E-state index contributed by atoms with van der Waals surface area (Å²) in [4.78, 5) is 12.0. The van der Waals surface area contributed by atoms with Crippen LogP contribution < -0.4 is 5.32 Å². The van der Waals surface area contributed by atoms with E-state index in [-0.39, 0.29) is 11.8 Å². The number of hydrogen-bond donors (Lipinski definition) is 2. The molecule has 0 bridgehead atoms. The molecule has 0 radical (unpaired) electrons. The minimum atomic E-state index is -0.428. The minimum absolute atomic E-state index is 0.0670. The Morgan fingerprint density at radius 1 is 1.39 bits per heavy atom. The number of carbonyl (C=O) groups is 1. The summed E-state index contributed by atoms with van der Waals surface area (Å²) in [5.74, 6) is 0.323. The van der Waals surface area contributed by atoms with E-state index < -0.39 is 5.54 Å². The largest absolute Gasteiger partial charge is 0.365 e. The first-order chi connectivity index (χ1) is 8.43. The molecule has 1 aromatic carbocycles. The van der Waals surface area contributed by atoms with E-state index in [0.29, 0.717) is 11.4 Å². The molecule has 0 amide bonds. The van der Waals surface area contributed by atoms with Gasteiger partial charge in [0.1, 0.15) is 5.82 Å². The van der Waals surface area contributed by atoms with Crippen molar-refractivity contribution in [1.29, 1.82) is 0 Å². The fourth-order valence-corrected chi connectivity index (χ4v) is 1.87. The van der Waals surface area contributed by atoms with E-state index in [0.717, 1.165) is 5.06 Å². The second-order valence-electron chi connectivity index (χ2n) is 5.09. The lowest BCUT2D eigenvalue weighted by atomic mass is 9.98. The second-order valence-corrected chi connectivity index (χ2v) is 5.09. The zero-order chi connectivity index (χ0) is 13.3. The van der Waals surface area contributed by atoms with Crippen LogP contribution in [0.1, 0.15) is 31.1 Å². The first-order valence-corrected chi connectivity index (χ1v) is 5.99. The fourth-order valence-electron chi connectivity index (χ4n) is 1.87. The molecule has 96 valence electrons. The van der Waals surface area contributed by atoms with Gasteiger partial charge in [-0.15, -0.1) is 0 Å². The SMILES string of the molecule is C[C@H]1NC(=CC(=O)c2ccccc2)N(O)C1(C)C. The average molecular weight is 246 g/mol. The van der Waals surface area contributed by atoms with Crippen molar-refractivity contribution in [2.45, 2.75) is 32.4 Å². The molecule has 0 unspecified atom stereocenters. The Balaban J connectivity index is 2.23. The van der Waals surface area contributed by atoms with E-state index >= 15 is 0 Å². The molecule has 2 N–H and O–H groups in total. The molecule has 1 atom stereocenters. The van der Waals surface area contributed by atoms with Crippen molar-refractivity contribution in [3.63, 3.8) is 0 Å². The van der Waals surface area contributed by atoms with Crippen LogP contribution in [0.25, 0.3) is 0 Å². The Kier molecular flexibility index (Phi) is 3.13. The van der Waals surface area contributed by atoms with Crippen LogP contribution in [-0.4, -0.2) is 27.6 Å². The van der Waals surface area contributed by atoms with Crippen LogP contribution in [-0.2, 0) is 0 Å². The van der Waals surface area contributed by atoms with Crippen LogP contribution in [0.15, 0.2) is 42.2 Å². The first kappa shape index (κ1) is 12.6. The van der Waals surface area contributed by atoms with Crippen LogP contribution in [0.4, 0.5) is 0 Å². The number of hydroxylamine groups is 2. The number of nitrogens with one attached hydrogen (secondary N) is 1. The third-order valence-corrected chi connectivity index (χ3v) is 3.52. The van der Waals surface area contributed by atoms with E-state index in [9.17, 15) is 10.0 Å². The van der Waals surface area contributed by atoms with E-state index in [1.54, 1.807) is 12.1 Å². The number of hydrogen-bond acceptors (Lipinski definition) is 4. The molecule has 2 rings (SSSR count). The third-order valence-electron chi connectivity index (χ3n) is 3.52. The van der Waals surface area contributed by atoms with Crippen molar-refractivity contribution >= 4 is 5.78 Å². The van der Waals surface area contributed by atoms with Crippen LogP contribution in [0.3, 0.4) is 0 Å². The van der Waals surface area contributed by atoms with Gasteiger partial charge in [-0.05, 0) is 20.8 Å². The summed E-state index contributed by atoms with van der Waals surface area (Å²) in [5.41, 5.74) is 0.181. The van der Waals surface area contributed by atoms with Crippen LogP contribution in [0.2, 0.25) is 0 Å². The minimum Gasteiger partial charge on any atom is -0.365 e. The van der Waals surface area contributed by atoms with E-state index in [1.165, 1.54) is 6.08 Å². The Bertz CT molecular complexity index is 480. The van der Waals surface area contributed by atoms with Gasteiger partial charge < -0.3 is 5.32 Å². The van der Waals surface area contributed by atoms with Crippen molar-refractivity contribution < 1.29 is 10.0 Å². The van der Waals surface area contributed by atoms with Gasteiger partial charge in [0.25, 0.3) is 0 Å². The molecular formula is C14H18N2O2. The van der Waals surface area contributed by atoms with E-state index in [4.69, 9.17) is 0 Å². The lowest BCUT2D eigenvalue weighted by Crippen LogP contribution is -2.42. The summed E-state index contributed by atoms with van der Waals surface area (Å²) >= 11 is 0. The average Bonchev–Trinajstić information content (AvgIpc) is 2.54. The van der Waals surface area contributed by atoms with Gasteiger partial charge in [0.2, 0.25) is 0 Å². The maximum absolute atomic E-state index is 12.0. The summed E-state index contributed by atoms with van der Waals surface area (Å²) in [6.07, 6.45) is 1.43. The number of rotatable bonds is 2. The Morgan fingerprint density at radius 3 is 2.50 bits per heavy atom. The third kappa shape index (κ3) is 2.11. The lowest BCUT2D eigenvalue weighted by molar-refractivity contribution is -0.113. The molecule has 18 heavy (non-hydrogen) atoms. The Morgan fingerprint density at radius 2 is 2.00 bits per heavy atom. The van der Waals surface area contributed by atoms with Gasteiger partial charge >= 0.3 is 0 Å². The highest BCUT2D eigenvalue weighted by molar-refractivity contribution is 6.04. The van der Waals surface area contributed by atoms with Crippen molar-refractivity contribution in [3.05, 3.63) is 47.8 Å². The summed E-state index contributed by atoms with van der Waals surface area (Å²) in [5, 5.41) is 14.3. The van der Waals surface area contributed by atoms with Gasteiger partial charge in [-0.3, -0.25) is 10.0 Å². The summed E-state index contributed by atoms with van der Waals surface area (Å²) < 4.78 is 0. The highest BCUT2D eigenvalue weighted by Gasteiger charge is 2.40. The number of ketones is 1. The van der Waals surface area contributed by atoms with Gasteiger partial charge in [-0.2, -0.15) is 0 Å². The van der Waals surface area contributed by atoms with Crippen LogP contribution in [0, 0.1) is 0 Å². The van der Waals surface area contributed by atoms with E-state index in [2.05, 4.69) is 5.32 Å². The molecular weight excluding hydrogens is 228 g/mol. The van der Waals surface area contributed by atoms with Gasteiger partial charge in [0, 0.05) is 17.7 Å². The van der Waals surface area contributed by atoms with Crippen molar-refractivity contribution in [3.8, 4) is 0 Å². The zero-order valence-corrected chi connectivity index (χ0v) is 10.8. The quantitative estimate of drug-likeness (QED) is 0.620. The smallest absolute Gasteiger partial charge is 0.189 e. The molecule has 0 aromatic heterocycles. The van der Waals surface area contributed by atoms with Crippen molar-refractivity contribution in [2.75, 3.05) is 0 Å². The molecule has 1 fully saturated rings. The first-order valence-electron chi connectivity index (χ1n) is 5.99. The van der Waals surface area contributed by atoms with Crippen LogP contribution in [0.5, 0.6) is 0 Å². The summed E-state index contributed by atoms with van der Waals surface area (Å²) in [7, 11) is 0. The molecule has 1 heterocycles. The predicted molar refractivity (Wildman–Crippen MR) is 69.2 cm³/mol. The highest BCUT2D eigenvalue weighted by atomic mass is 16.5. The normalized spacial score (nSPS) is 24.1. The van der Waals surface area contributed by atoms with Crippen molar-refractivity contribution in [1.82, 2.24) is 10.4 Å². The Labute approximate surface area is 107 Å². The number of nitrogens with zero attached hydrogens (tertiary/aromatic N) is 1. The monoisotopic (exact) mass is 246 g/mol. The number of carbonyl (C=O) groups excluding carboxylic acids is 1. The fraction of sp³-hybridized carbons (Fsp3) is 0.357. The lowest BCUT2D eigenvalue weighted by Gasteiger charge is -2.28. The predicted octanol–water partition coefficient (Wildman–Crippen LogP) is 2.17. The summed E-state index contributed by atoms with van der Waals surface area (Å²) in [6, 6.07) is 9.07. The van der Waals surface area contributed by atoms with Gasteiger partial charge in [0.05, 0.1) is 5.54 Å². The molecule has 4 heteroatoms. The molecule has 1 saturated heterocycles. The standard InChI is InChI=1S/C14H18N2O2/c1-10-14(2,3)16(18)13(15-10)9-12(17)11-7-5-4-6-8-11/h4-10,15,18H,1-3H3/t10-/m1/s1. The maximum atomic E-state index is 12.0. The molecule has 0 spiro atoms. The number of benzene rings is 1. The molecule has 1 aromatic rings. The van der Waals surface area contributed by atoms with Crippen molar-refractivity contribution in [2.24, 2.45) is 0 Å². The Hall–Kier alpha value is -1.81. The molecule has 4 nitrogen and oxygen atoms in total. The molecule has 1 aliphatic heterocycles. The van der Waals surface area contributed by atoms with Crippen LogP contribution >= 0.6 is 0 Å². The molecule has 1 aliphatic rings. The second kappa shape index (κ2) is 4.46. The van der Waals surface area contributed by atoms with Gasteiger partial charge in [-0.1, -0.05) is 30.3 Å². The van der Waals surface area contributed by atoms with Gasteiger partial charge in [0.15, 0.2) is 5.78 Å². The maximum Gasteiger partial charge on any atom is 0.189 e. The zero-order valence-electron chi connectivity index (χ0n) is 10.8. The summed E-state index contributed by atoms with van der Waals surface area (Å²) in [6.45, 7) is 5.80. The molecule has 0 saturated carbocycles. The number of allylic oxidation sites excluding steroid dienone is 1. The van der Waals surface area contributed by atoms with Gasteiger partial charge in [-0.25, -0.2) is 5.06 Å². The topological polar surface area (TPSA) is 52.6 Å².